The Morgan fingerprint density at radius 1 is 1.11 bits per heavy atom. The van der Waals surface area contributed by atoms with E-state index < -0.39 is 16.9 Å². The maximum absolute atomic E-state index is 14.5. The molecule has 2 nitrogen and oxygen atoms in total. The number of alkyl halides is 2. The number of rotatable bonds is 1. The van der Waals surface area contributed by atoms with Crippen molar-refractivity contribution in [2.75, 3.05) is 6.54 Å². The SMILES string of the molecule is CC12CC3CC(O)(CC(C1)C3C1CCCN1)C2(F)F. The molecule has 5 rings (SSSR count). The summed E-state index contributed by atoms with van der Waals surface area (Å²) in [6.07, 6.45) is 4.22. The normalized spacial score (nSPS) is 58.7. The number of hydrogen-bond donors (Lipinski definition) is 2. The van der Waals surface area contributed by atoms with Gasteiger partial charge >= 0.3 is 0 Å². The minimum atomic E-state index is -2.90. The molecule has 5 aliphatic rings. The van der Waals surface area contributed by atoms with Crippen LogP contribution in [0.3, 0.4) is 0 Å². The maximum Gasteiger partial charge on any atom is 0.281 e. The highest BCUT2D eigenvalue weighted by molar-refractivity contribution is 5.19. The van der Waals surface area contributed by atoms with Gasteiger partial charge in [-0.2, -0.15) is 0 Å². The van der Waals surface area contributed by atoms with Crippen molar-refractivity contribution >= 4 is 0 Å². The summed E-state index contributed by atoms with van der Waals surface area (Å²) in [6.45, 7) is 2.77. The van der Waals surface area contributed by atoms with Crippen LogP contribution in [0.25, 0.3) is 0 Å². The van der Waals surface area contributed by atoms with E-state index in [2.05, 4.69) is 5.32 Å². The number of nitrogens with one attached hydrogen (secondary N) is 1. The van der Waals surface area contributed by atoms with Crippen molar-refractivity contribution in [2.24, 2.45) is 23.2 Å². The first-order chi connectivity index (χ1) is 8.86. The van der Waals surface area contributed by atoms with Crippen molar-refractivity contribution in [3.63, 3.8) is 0 Å². The van der Waals surface area contributed by atoms with Crippen LogP contribution in [-0.2, 0) is 0 Å². The zero-order valence-corrected chi connectivity index (χ0v) is 11.5. The molecule has 0 amide bonds. The second-order valence-electron chi connectivity index (χ2n) is 7.78. The summed E-state index contributed by atoms with van der Waals surface area (Å²) in [5, 5.41) is 14.0. The van der Waals surface area contributed by atoms with Crippen LogP contribution in [0.5, 0.6) is 0 Å². The van der Waals surface area contributed by atoms with Crippen LogP contribution in [0.1, 0.15) is 45.4 Å². The summed E-state index contributed by atoms with van der Waals surface area (Å²) in [7, 11) is 0. The molecule has 4 heteroatoms. The fourth-order valence-electron chi connectivity index (χ4n) is 6.04. The Kier molecular flexibility index (Phi) is 2.31. The molecule has 4 aliphatic carbocycles. The molecule has 2 N–H and O–H groups in total. The summed E-state index contributed by atoms with van der Waals surface area (Å²) < 4.78 is 29.0. The number of halogens is 2. The Morgan fingerprint density at radius 2 is 1.74 bits per heavy atom. The minimum Gasteiger partial charge on any atom is -0.384 e. The lowest BCUT2D eigenvalue weighted by molar-refractivity contribution is -0.335. The number of aliphatic hydroxyl groups is 1. The third-order valence-corrected chi connectivity index (χ3v) is 6.62. The molecule has 3 atom stereocenters. The van der Waals surface area contributed by atoms with Gasteiger partial charge in [-0.15, -0.1) is 0 Å². The molecule has 0 aromatic heterocycles. The third-order valence-electron chi connectivity index (χ3n) is 6.62. The zero-order valence-electron chi connectivity index (χ0n) is 11.5. The molecule has 1 aliphatic heterocycles. The Morgan fingerprint density at radius 3 is 2.21 bits per heavy atom. The highest BCUT2D eigenvalue weighted by atomic mass is 19.3. The summed E-state index contributed by atoms with van der Waals surface area (Å²) in [6, 6.07) is 0.510. The van der Waals surface area contributed by atoms with E-state index in [1.807, 2.05) is 0 Å². The Bertz CT molecular complexity index is 365. The van der Waals surface area contributed by atoms with E-state index in [4.69, 9.17) is 0 Å². The van der Waals surface area contributed by atoms with Gasteiger partial charge in [0.2, 0.25) is 0 Å². The molecule has 1 heterocycles. The van der Waals surface area contributed by atoms with Gasteiger partial charge in [-0.05, 0) is 62.8 Å². The Balaban J connectivity index is 1.69. The van der Waals surface area contributed by atoms with Crippen molar-refractivity contribution < 1.29 is 13.9 Å². The first-order valence-electron chi connectivity index (χ1n) is 7.70. The molecule has 0 aromatic rings. The summed E-state index contributed by atoms with van der Waals surface area (Å²) in [5.74, 6) is -1.80. The largest absolute Gasteiger partial charge is 0.384 e. The molecule has 19 heavy (non-hydrogen) atoms. The van der Waals surface area contributed by atoms with Crippen LogP contribution < -0.4 is 5.32 Å². The second-order valence-corrected chi connectivity index (χ2v) is 7.78. The lowest BCUT2D eigenvalue weighted by Crippen LogP contribution is -2.72. The van der Waals surface area contributed by atoms with Crippen molar-refractivity contribution in [3.05, 3.63) is 0 Å². The minimum absolute atomic E-state index is 0.290. The molecular formula is C15H23F2NO. The Labute approximate surface area is 113 Å². The molecular weight excluding hydrogens is 248 g/mol. The first-order valence-corrected chi connectivity index (χ1v) is 7.70. The molecule has 0 aromatic carbocycles. The van der Waals surface area contributed by atoms with Gasteiger partial charge in [0.05, 0.1) is 0 Å². The predicted molar refractivity (Wildman–Crippen MR) is 68.0 cm³/mol. The molecule has 108 valence electrons. The van der Waals surface area contributed by atoms with Gasteiger partial charge in [-0.1, -0.05) is 6.92 Å². The molecule has 1 saturated heterocycles. The second kappa shape index (κ2) is 3.51. The van der Waals surface area contributed by atoms with E-state index in [9.17, 15) is 13.9 Å². The first kappa shape index (κ1) is 12.5. The Hall–Kier alpha value is -0.220. The zero-order chi connectivity index (χ0) is 13.5. The van der Waals surface area contributed by atoms with Crippen LogP contribution in [0, 0.1) is 23.2 Å². The fraction of sp³-hybridized carbons (Fsp3) is 1.00. The predicted octanol–water partition coefficient (Wildman–Crippen LogP) is 2.56. The van der Waals surface area contributed by atoms with Crippen molar-refractivity contribution in [3.8, 4) is 0 Å². The molecule has 4 saturated carbocycles. The summed E-state index contributed by atoms with van der Waals surface area (Å²) >= 11 is 0. The monoisotopic (exact) mass is 271 g/mol. The van der Waals surface area contributed by atoms with Gasteiger partial charge in [0, 0.05) is 11.5 Å². The van der Waals surface area contributed by atoms with Gasteiger partial charge in [0.15, 0.2) is 0 Å². The maximum atomic E-state index is 14.5. The van der Waals surface area contributed by atoms with Gasteiger partial charge in [-0.3, -0.25) is 0 Å². The van der Waals surface area contributed by atoms with Gasteiger partial charge in [0.25, 0.3) is 5.92 Å². The van der Waals surface area contributed by atoms with Crippen LogP contribution in [-0.4, -0.2) is 29.2 Å². The summed E-state index contributed by atoms with van der Waals surface area (Å²) in [5.41, 5.74) is -2.69. The standard InChI is InChI=1S/C15H23F2NO/c1-13-5-9-7-14(19,15(13,16)17)8-10(6-13)12(9)11-3-2-4-18-11/h9-12,18-19H,2-8H2,1H3. The van der Waals surface area contributed by atoms with Crippen molar-refractivity contribution in [1.29, 1.82) is 0 Å². The van der Waals surface area contributed by atoms with E-state index in [1.54, 1.807) is 6.92 Å². The fourth-order valence-corrected chi connectivity index (χ4v) is 6.04. The van der Waals surface area contributed by atoms with Gasteiger partial charge in [-0.25, -0.2) is 8.78 Å². The van der Waals surface area contributed by atoms with Gasteiger partial charge in [0.1, 0.15) is 5.60 Å². The van der Waals surface area contributed by atoms with E-state index in [1.165, 1.54) is 12.8 Å². The van der Waals surface area contributed by atoms with Crippen LogP contribution in [0.2, 0.25) is 0 Å². The highest BCUT2D eigenvalue weighted by Crippen LogP contribution is 2.70. The highest BCUT2D eigenvalue weighted by Gasteiger charge is 2.74. The quantitative estimate of drug-likeness (QED) is 0.768. The van der Waals surface area contributed by atoms with E-state index >= 15 is 0 Å². The third kappa shape index (κ3) is 1.37. The average Bonchev–Trinajstić information content (AvgIpc) is 2.78. The molecule has 4 bridgehead atoms. The lowest BCUT2D eigenvalue weighted by atomic mass is 9.42. The van der Waals surface area contributed by atoms with Crippen LogP contribution >= 0.6 is 0 Å². The summed E-state index contributed by atoms with van der Waals surface area (Å²) in [4.78, 5) is 0. The van der Waals surface area contributed by atoms with Gasteiger partial charge < -0.3 is 10.4 Å². The number of hydrogen-bond acceptors (Lipinski definition) is 2. The molecule has 5 fully saturated rings. The molecule has 0 radical (unpaired) electrons. The molecule has 0 spiro atoms. The average molecular weight is 271 g/mol. The van der Waals surface area contributed by atoms with E-state index in [0.717, 1.165) is 6.54 Å². The topological polar surface area (TPSA) is 32.3 Å². The van der Waals surface area contributed by atoms with Crippen LogP contribution in [0.15, 0.2) is 0 Å². The van der Waals surface area contributed by atoms with Crippen LogP contribution in [0.4, 0.5) is 8.78 Å². The lowest BCUT2D eigenvalue weighted by Gasteiger charge is -2.66. The van der Waals surface area contributed by atoms with Crippen molar-refractivity contribution in [1.82, 2.24) is 5.32 Å². The van der Waals surface area contributed by atoms with E-state index in [-0.39, 0.29) is 11.8 Å². The smallest absolute Gasteiger partial charge is 0.281 e. The molecule has 3 unspecified atom stereocenters. The van der Waals surface area contributed by atoms with Crippen molar-refractivity contribution in [2.45, 2.75) is 63.0 Å². The van der Waals surface area contributed by atoms with E-state index in [0.29, 0.717) is 37.6 Å².